The molecule has 0 amide bonds. The van der Waals surface area contributed by atoms with Crippen LogP contribution in [0.4, 0.5) is 5.69 Å². The molecule has 77 valence electrons. The van der Waals surface area contributed by atoms with E-state index in [2.05, 4.69) is 11.2 Å². The molecule has 0 aliphatic rings. The van der Waals surface area contributed by atoms with Crippen LogP contribution >= 0.6 is 0 Å². The van der Waals surface area contributed by atoms with Gasteiger partial charge in [0.25, 0.3) is 0 Å². The monoisotopic (exact) mass is 203 g/mol. The van der Waals surface area contributed by atoms with Gasteiger partial charge in [-0.25, -0.2) is 4.79 Å². The number of rotatable bonds is 2. The summed E-state index contributed by atoms with van der Waals surface area (Å²) < 4.78 is 4.90. The molecule has 0 aliphatic carbocycles. The van der Waals surface area contributed by atoms with E-state index in [1.54, 1.807) is 19.1 Å². The van der Waals surface area contributed by atoms with E-state index in [9.17, 15) is 4.79 Å². The van der Waals surface area contributed by atoms with E-state index in [0.29, 0.717) is 17.9 Å². The normalized spacial score (nSPS) is 10.5. The van der Waals surface area contributed by atoms with E-state index in [0.717, 1.165) is 10.9 Å². The molecule has 0 spiro atoms. The highest BCUT2D eigenvalue weighted by Gasteiger charge is 2.14. The molecule has 0 aliphatic heterocycles. The van der Waals surface area contributed by atoms with Gasteiger partial charge in [-0.2, -0.15) is 0 Å². The summed E-state index contributed by atoms with van der Waals surface area (Å²) in [5.74, 6) is -0.380. The average molecular weight is 203 g/mol. The molecule has 4 heteroatoms. The van der Waals surface area contributed by atoms with Crippen molar-refractivity contribution in [3.63, 3.8) is 0 Å². The van der Waals surface area contributed by atoms with Crippen LogP contribution in [0.15, 0.2) is 18.2 Å². The summed E-state index contributed by atoms with van der Waals surface area (Å²) >= 11 is 0. The molecule has 0 saturated carbocycles. The number of carbonyl (C=O) groups excluding carboxylic acids is 1. The number of hydrogen-bond donors (Lipinski definition) is 2. The molecule has 0 saturated heterocycles. The molecular formula is C11H11N2O2. The van der Waals surface area contributed by atoms with Crippen molar-refractivity contribution in [2.24, 2.45) is 0 Å². The largest absolute Gasteiger partial charge is 0.462 e. The van der Waals surface area contributed by atoms with Crippen LogP contribution in [-0.2, 0) is 4.74 Å². The fraction of sp³-hybridized carbons (Fsp3) is 0.182. The fourth-order valence-electron chi connectivity index (χ4n) is 1.47. The van der Waals surface area contributed by atoms with Crippen LogP contribution in [0.25, 0.3) is 10.9 Å². The molecule has 4 nitrogen and oxygen atoms in total. The van der Waals surface area contributed by atoms with Crippen molar-refractivity contribution in [3.8, 4) is 0 Å². The Morgan fingerprint density at radius 3 is 3.13 bits per heavy atom. The first-order valence-corrected chi connectivity index (χ1v) is 4.69. The van der Waals surface area contributed by atoms with Crippen LogP contribution in [-0.4, -0.2) is 17.6 Å². The minimum atomic E-state index is -0.380. The number of aromatic nitrogens is 1. The van der Waals surface area contributed by atoms with Gasteiger partial charge in [-0.15, -0.1) is 0 Å². The predicted molar refractivity (Wildman–Crippen MR) is 57.5 cm³/mol. The lowest BCUT2D eigenvalue weighted by Gasteiger charge is -1.99. The van der Waals surface area contributed by atoms with Gasteiger partial charge in [-0.05, 0) is 13.0 Å². The Hall–Kier alpha value is -1.97. The van der Waals surface area contributed by atoms with Crippen molar-refractivity contribution >= 4 is 22.6 Å². The number of para-hydroxylation sites is 1. The number of benzene rings is 1. The summed E-state index contributed by atoms with van der Waals surface area (Å²) in [4.78, 5) is 14.4. The van der Waals surface area contributed by atoms with Gasteiger partial charge in [-0.3, -0.25) is 0 Å². The van der Waals surface area contributed by atoms with E-state index in [-0.39, 0.29) is 5.97 Å². The number of fused-ring (bicyclic) bond motifs is 1. The lowest BCUT2D eigenvalue weighted by Crippen LogP contribution is -2.03. The summed E-state index contributed by atoms with van der Waals surface area (Å²) in [5, 5.41) is 0.744. The third kappa shape index (κ3) is 1.54. The Bertz CT molecular complexity index is 502. The van der Waals surface area contributed by atoms with Crippen molar-refractivity contribution < 1.29 is 9.53 Å². The van der Waals surface area contributed by atoms with Gasteiger partial charge in [0.05, 0.1) is 29.6 Å². The van der Waals surface area contributed by atoms with Crippen LogP contribution in [0, 0.1) is 6.20 Å². The highest BCUT2D eigenvalue weighted by atomic mass is 16.5. The van der Waals surface area contributed by atoms with E-state index >= 15 is 0 Å². The maximum absolute atomic E-state index is 11.5. The van der Waals surface area contributed by atoms with Gasteiger partial charge >= 0.3 is 5.97 Å². The van der Waals surface area contributed by atoms with Crippen molar-refractivity contribution in [3.05, 3.63) is 30.0 Å². The van der Waals surface area contributed by atoms with Crippen LogP contribution in [0.2, 0.25) is 0 Å². The van der Waals surface area contributed by atoms with Crippen molar-refractivity contribution in [1.82, 2.24) is 4.98 Å². The molecular weight excluding hydrogens is 192 g/mol. The fourth-order valence-corrected chi connectivity index (χ4v) is 1.47. The van der Waals surface area contributed by atoms with Crippen LogP contribution in [0.1, 0.15) is 17.3 Å². The Labute approximate surface area is 87.0 Å². The molecule has 0 fully saturated rings. The Morgan fingerprint density at radius 2 is 2.40 bits per heavy atom. The molecule has 1 aromatic carbocycles. The summed E-state index contributed by atoms with van der Waals surface area (Å²) in [6.45, 7) is 2.11. The zero-order valence-corrected chi connectivity index (χ0v) is 8.33. The minimum Gasteiger partial charge on any atom is -0.462 e. The highest BCUT2D eigenvalue weighted by Crippen LogP contribution is 2.23. The lowest BCUT2D eigenvalue weighted by molar-refractivity contribution is 0.0528. The molecule has 1 heterocycles. The Balaban J connectivity index is 2.54. The number of carbonyl (C=O) groups is 1. The zero-order valence-electron chi connectivity index (χ0n) is 8.33. The summed E-state index contributed by atoms with van der Waals surface area (Å²) in [6, 6.07) is 5.37. The first-order valence-electron chi connectivity index (χ1n) is 4.69. The molecule has 1 radical (unpaired) electrons. The van der Waals surface area contributed by atoms with Gasteiger partial charge in [0, 0.05) is 5.39 Å². The number of anilines is 1. The zero-order chi connectivity index (χ0) is 10.8. The van der Waals surface area contributed by atoms with Crippen molar-refractivity contribution in [2.75, 3.05) is 12.3 Å². The molecule has 0 bridgehead atoms. The third-order valence-corrected chi connectivity index (χ3v) is 2.16. The van der Waals surface area contributed by atoms with E-state index in [4.69, 9.17) is 10.5 Å². The third-order valence-electron chi connectivity index (χ3n) is 2.16. The van der Waals surface area contributed by atoms with Crippen LogP contribution in [0.5, 0.6) is 0 Å². The standard InChI is InChI=1S/C11H11N2O2/c1-2-15-11(14)8-6-13-10-7(8)4-3-5-9(10)12/h3-5,13H,2,12H2,1H3. The smallest absolute Gasteiger partial charge is 0.341 e. The molecule has 2 aromatic rings. The number of ether oxygens (including phenoxy) is 1. The maximum Gasteiger partial charge on any atom is 0.341 e. The highest BCUT2D eigenvalue weighted by molar-refractivity contribution is 6.06. The van der Waals surface area contributed by atoms with E-state index in [1.165, 1.54) is 0 Å². The molecule has 0 atom stereocenters. The first-order chi connectivity index (χ1) is 7.24. The predicted octanol–water partition coefficient (Wildman–Crippen LogP) is 1.73. The van der Waals surface area contributed by atoms with Crippen LogP contribution < -0.4 is 5.73 Å². The van der Waals surface area contributed by atoms with Gasteiger partial charge in [0.2, 0.25) is 0 Å². The average Bonchev–Trinajstić information content (AvgIpc) is 2.63. The van der Waals surface area contributed by atoms with E-state index in [1.807, 2.05) is 6.07 Å². The molecule has 15 heavy (non-hydrogen) atoms. The topological polar surface area (TPSA) is 68.1 Å². The van der Waals surface area contributed by atoms with Gasteiger partial charge < -0.3 is 15.5 Å². The molecule has 3 N–H and O–H groups in total. The second-order valence-corrected chi connectivity index (χ2v) is 3.12. The Morgan fingerprint density at radius 1 is 1.60 bits per heavy atom. The number of aromatic amines is 1. The maximum atomic E-state index is 11.5. The second-order valence-electron chi connectivity index (χ2n) is 3.12. The van der Waals surface area contributed by atoms with Crippen molar-refractivity contribution in [2.45, 2.75) is 6.92 Å². The van der Waals surface area contributed by atoms with Crippen molar-refractivity contribution in [1.29, 1.82) is 0 Å². The number of nitrogens with one attached hydrogen (secondary N) is 1. The summed E-state index contributed by atoms with van der Waals surface area (Å²) in [7, 11) is 0. The quantitative estimate of drug-likeness (QED) is 0.577. The van der Waals surface area contributed by atoms with Crippen LogP contribution in [0.3, 0.4) is 0 Å². The van der Waals surface area contributed by atoms with Gasteiger partial charge in [0.15, 0.2) is 0 Å². The number of H-pyrrole nitrogens is 1. The summed E-state index contributed by atoms with van der Waals surface area (Å²) in [6.07, 6.45) is 2.76. The number of esters is 1. The molecule has 2 rings (SSSR count). The Kier molecular flexibility index (Phi) is 2.33. The molecule has 1 aromatic heterocycles. The minimum absolute atomic E-state index is 0.349. The molecule has 0 unspecified atom stereocenters. The number of nitrogens with two attached hydrogens (primary N) is 1. The van der Waals surface area contributed by atoms with Gasteiger partial charge in [0.1, 0.15) is 0 Å². The lowest BCUT2D eigenvalue weighted by atomic mass is 10.1. The SMILES string of the molecule is CCOC(=O)c1[c][nH]c2c(N)cccc12. The number of nitrogen functional groups attached to an aromatic ring is 1. The second kappa shape index (κ2) is 3.65. The van der Waals surface area contributed by atoms with Gasteiger partial charge in [-0.1, -0.05) is 12.1 Å². The van der Waals surface area contributed by atoms with E-state index < -0.39 is 0 Å². The number of hydrogen-bond acceptors (Lipinski definition) is 3. The first kappa shape index (κ1) is 9.58. The summed E-state index contributed by atoms with van der Waals surface area (Å²) in [5.41, 5.74) is 7.46.